The molecule has 0 amide bonds. The SMILES string of the molecule is Cc1cc(-c2ccc(Cl)c([N+](=O)[O-])c2)[nH]c(=O)c1C#N. The van der Waals surface area contributed by atoms with E-state index in [1.807, 2.05) is 6.07 Å². The Balaban J connectivity index is 2.64. The minimum atomic E-state index is -0.597. The number of pyridine rings is 1. The van der Waals surface area contributed by atoms with Crippen molar-refractivity contribution >= 4 is 17.3 Å². The first-order valence-corrected chi connectivity index (χ1v) is 5.90. The van der Waals surface area contributed by atoms with E-state index in [9.17, 15) is 14.9 Å². The number of aromatic amines is 1. The van der Waals surface area contributed by atoms with Crippen molar-refractivity contribution in [2.24, 2.45) is 0 Å². The summed E-state index contributed by atoms with van der Waals surface area (Å²) in [6.45, 7) is 1.63. The average Bonchev–Trinajstić information content (AvgIpc) is 2.38. The summed E-state index contributed by atoms with van der Waals surface area (Å²) < 4.78 is 0. The summed E-state index contributed by atoms with van der Waals surface area (Å²) in [7, 11) is 0. The van der Waals surface area contributed by atoms with Crippen molar-refractivity contribution in [1.82, 2.24) is 4.98 Å². The summed E-state index contributed by atoms with van der Waals surface area (Å²) in [6.07, 6.45) is 0. The van der Waals surface area contributed by atoms with Crippen LogP contribution in [0.15, 0.2) is 29.1 Å². The van der Waals surface area contributed by atoms with Crippen LogP contribution in [0.1, 0.15) is 11.1 Å². The highest BCUT2D eigenvalue weighted by atomic mass is 35.5. The van der Waals surface area contributed by atoms with E-state index in [1.165, 1.54) is 12.1 Å². The Hall–Kier alpha value is -2.65. The molecule has 100 valence electrons. The van der Waals surface area contributed by atoms with E-state index >= 15 is 0 Å². The van der Waals surface area contributed by atoms with E-state index in [-0.39, 0.29) is 16.3 Å². The van der Waals surface area contributed by atoms with E-state index in [0.29, 0.717) is 16.8 Å². The van der Waals surface area contributed by atoms with Crippen LogP contribution in [-0.4, -0.2) is 9.91 Å². The number of halogens is 1. The average molecular weight is 290 g/mol. The number of aromatic nitrogens is 1. The maximum Gasteiger partial charge on any atom is 0.288 e. The van der Waals surface area contributed by atoms with Crippen LogP contribution in [0, 0.1) is 28.4 Å². The molecule has 1 N–H and O–H groups in total. The minimum absolute atomic E-state index is 0.0199. The Morgan fingerprint density at radius 1 is 1.40 bits per heavy atom. The van der Waals surface area contributed by atoms with Gasteiger partial charge in [0.1, 0.15) is 16.7 Å². The number of aryl methyl sites for hydroxylation is 1. The summed E-state index contributed by atoms with van der Waals surface area (Å²) in [4.78, 5) is 24.5. The number of benzene rings is 1. The first-order valence-electron chi connectivity index (χ1n) is 5.52. The highest BCUT2D eigenvalue weighted by Gasteiger charge is 2.15. The number of nitro benzene ring substituents is 1. The monoisotopic (exact) mass is 289 g/mol. The number of hydrogen-bond acceptors (Lipinski definition) is 4. The molecule has 0 unspecified atom stereocenters. The Morgan fingerprint density at radius 3 is 2.65 bits per heavy atom. The number of nitro groups is 1. The minimum Gasteiger partial charge on any atom is -0.321 e. The van der Waals surface area contributed by atoms with Crippen molar-refractivity contribution in [3.63, 3.8) is 0 Å². The second kappa shape index (κ2) is 5.15. The molecule has 0 saturated heterocycles. The molecule has 0 fully saturated rings. The van der Waals surface area contributed by atoms with Gasteiger partial charge >= 0.3 is 0 Å². The summed E-state index contributed by atoms with van der Waals surface area (Å²) in [6, 6.07) is 7.63. The molecule has 0 atom stereocenters. The lowest BCUT2D eigenvalue weighted by molar-refractivity contribution is -0.384. The molecule has 1 aromatic carbocycles. The molecule has 1 aromatic heterocycles. The molecule has 0 saturated carbocycles. The first kappa shape index (κ1) is 13.8. The fourth-order valence-electron chi connectivity index (χ4n) is 1.80. The van der Waals surface area contributed by atoms with Crippen LogP contribution in [0.4, 0.5) is 5.69 Å². The van der Waals surface area contributed by atoms with Crippen LogP contribution >= 0.6 is 11.6 Å². The number of nitriles is 1. The second-order valence-corrected chi connectivity index (χ2v) is 4.51. The quantitative estimate of drug-likeness (QED) is 0.678. The van der Waals surface area contributed by atoms with Crippen molar-refractivity contribution in [1.29, 1.82) is 5.26 Å². The number of nitrogens with zero attached hydrogens (tertiary/aromatic N) is 2. The third kappa shape index (κ3) is 2.39. The molecule has 1 heterocycles. The number of nitrogens with one attached hydrogen (secondary N) is 1. The van der Waals surface area contributed by atoms with Crippen molar-refractivity contribution < 1.29 is 4.92 Å². The summed E-state index contributed by atoms with van der Waals surface area (Å²) in [5, 5.41) is 19.7. The van der Waals surface area contributed by atoms with Crippen molar-refractivity contribution in [3.05, 3.63) is 60.9 Å². The molecule has 0 aliphatic heterocycles. The fourth-order valence-corrected chi connectivity index (χ4v) is 1.99. The maximum atomic E-state index is 11.7. The van der Waals surface area contributed by atoms with Crippen LogP contribution in [0.3, 0.4) is 0 Å². The molecular formula is C13H8ClN3O3. The Labute approximate surface area is 118 Å². The van der Waals surface area contributed by atoms with Gasteiger partial charge in [-0.2, -0.15) is 5.26 Å². The number of H-pyrrole nitrogens is 1. The predicted octanol–water partition coefficient (Wildman–Crippen LogP) is 2.78. The van der Waals surface area contributed by atoms with E-state index in [0.717, 1.165) is 0 Å². The zero-order chi connectivity index (χ0) is 14.9. The molecule has 0 aliphatic rings. The summed E-state index contributed by atoms with van der Waals surface area (Å²) >= 11 is 5.73. The van der Waals surface area contributed by atoms with Gasteiger partial charge < -0.3 is 4.98 Å². The largest absolute Gasteiger partial charge is 0.321 e. The molecule has 0 spiro atoms. The van der Waals surface area contributed by atoms with Gasteiger partial charge in [0.25, 0.3) is 11.2 Å². The molecule has 7 heteroatoms. The Morgan fingerprint density at radius 2 is 2.10 bits per heavy atom. The third-order valence-corrected chi connectivity index (χ3v) is 3.12. The fraction of sp³-hybridized carbons (Fsp3) is 0.0769. The van der Waals surface area contributed by atoms with E-state index in [4.69, 9.17) is 16.9 Å². The lowest BCUT2D eigenvalue weighted by atomic mass is 10.1. The summed E-state index contributed by atoms with van der Waals surface area (Å²) in [5.74, 6) is 0. The van der Waals surface area contributed by atoms with Gasteiger partial charge in [0, 0.05) is 17.3 Å². The van der Waals surface area contributed by atoms with Crippen LogP contribution in [0.25, 0.3) is 11.3 Å². The molecule has 0 aliphatic carbocycles. The zero-order valence-corrected chi connectivity index (χ0v) is 11.1. The predicted molar refractivity (Wildman–Crippen MR) is 73.6 cm³/mol. The van der Waals surface area contributed by atoms with Crippen molar-refractivity contribution in [2.45, 2.75) is 6.92 Å². The second-order valence-electron chi connectivity index (χ2n) is 4.11. The van der Waals surface area contributed by atoms with Gasteiger partial charge in [-0.3, -0.25) is 14.9 Å². The van der Waals surface area contributed by atoms with Gasteiger partial charge in [-0.25, -0.2) is 0 Å². The van der Waals surface area contributed by atoms with Gasteiger partial charge in [-0.1, -0.05) is 17.7 Å². The third-order valence-electron chi connectivity index (χ3n) is 2.80. The number of hydrogen-bond donors (Lipinski definition) is 1. The van der Waals surface area contributed by atoms with Crippen LogP contribution < -0.4 is 5.56 Å². The van der Waals surface area contributed by atoms with Crippen molar-refractivity contribution in [2.75, 3.05) is 0 Å². The Kier molecular flexibility index (Phi) is 3.55. The van der Waals surface area contributed by atoms with E-state index in [1.54, 1.807) is 19.1 Å². The topological polar surface area (TPSA) is 99.8 Å². The first-order chi connectivity index (χ1) is 9.43. The lowest BCUT2D eigenvalue weighted by Crippen LogP contribution is -2.12. The van der Waals surface area contributed by atoms with E-state index < -0.39 is 10.5 Å². The van der Waals surface area contributed by atoms with Gasteiger partial charge in [-0.05, 0) is 24.6 Å². The molecule has 20 heavy (non-hydrogen) atoms. The molecule has 0 radical (unpaired) electrons. The van der Waals surface area contributed by atoms with Crippen LogP contribution in [-0.2, 0) is 0 Å². The van der Waals surface area contributed by atoms with E-state index in [2.05, 4.69) is 4.98 Å². The van der Waals surface area contributed by atoms with Gasteiger partial charge in [0.15, 0.2) is 0 Å². The molecule has 2 rings (SSSR count). The standard InChI is InChI=1S/C13H8ClN3O3/c1-7-4-11(16-13(18)9(7)6-15)8-2-3-10(14)12(5-8)17(19)20/h2-5H,1H3,(H,16,18). The van der Waals surface area contributed by atoms with Crippen LogP contribution in [0.5, 0.6) is 0 Å². The zero-order valence-electron chi connectivity index (χ0n) is 10.3. The Bertz CT molecular complexity index is 805. The van der Waals surface area contributed by atoms with Gasteiger partial charge in [0.05, 0.1) is 4.92 Å². The lowest BCUT2D eigenvalue weighted by Gasteiger charge is -2.05. The number of rotatable bonds is 2. The summed E-state index contributed by atoms with van der Waals surface area (Å²) in [5.41, 5.74) is 0.602. The van der Waals surface area contributed by atoms with Crippen molar-refractivity contribution in [3.8, 4) is 17.3 Å². The molecule has 6 nitrogen and oxygen atoms in total. The molecular weight excluding hydrogens is 282 g/mol. The maximum absolute atomic E-state index is 11.7. The van der Waals surface area contributed by atoms with Gasteiger partial charge in [0.2, 0.25) is 0 Å². The molecule has 0 bridgehead atoms. The highest BCUT2D eigenvalue weighted by molar-refractivity contribution is 6.32. The highest BCUT2D eigenvalue weighted by Crippen LogP contribution is 2.29. The smallest absolute Gasteiger partial charge is 0.288 e. The van der Waals surface area contributed by atoms with Gasteiger partial charge in [-0.15, -0.1) is 0 Å². The molecule has 2 aromatic rings. The normalized spacial score (nSPS) is 10.1. The van der Waals surface area contributed by atoms with Crippen LogP contribution in [0.2, 0.25) is 5.02 Å².